The van der Waals surface area contributed by atoms with Crippen LogP contribution in [0.5, 0.6) is 5.75 Å². The number of hydrogen-bond acceptors (Lipinski definition) is 6. The second-order valence-electron chi connectivity index (χ2n) is 5.91. The van der Waals surface area contributed by atoms with Gasteiger partial charge in [-0.3, -0.25) is 4.79 Å². The van der Waals surface area contributed by atoms with Crippen molar-refractivity contribution in [3.63, 3.8) is 0 Å². The van der Waals surface area contributed by atoms with Crippen LogP contribution in [0.15, 0.2) is 36.9 Å². The first-order chi connectivity index (χ1) is 12.7. The molecule has 1 atom stereocenters. The normalized spacial score (nSPS) is 16.5. The van der Waals surface area contributed by atoms with Crippen LogP contribution in [0.25, 0.3) is 0 Å². The molecule has 1 aromatic carbocycles. The summed E-state index contributed by atoms with van der Waals surface area (Å²) in [6.07, 6.45) is 4.36. The van der Waals surface area contributed by atoms with Crippen molar-refractivity contribution in [3.8, 4) is 5.75 Å². The van der Waals surface area contributed by atoms with Crippen molar-refractivity contribution in [2.45, 2.75) is 32.4 Å². The summed E-state index contributed by atoms with van der Waals surface area (Å²) in [7, 11) is 0. The molecule has 0 aliphatic carbocycles. The molecule has 1 fully saturated rings. The van der Waals surface area contributed by atoms with Gasteiger partial charge >= 0.3 is 5.97 Å². The van der Waals surface area contributed by atoms with Gasteiger partial charge in [-0.1, -0.05) is 12.1 Å². The van der Waals surface area contributed by atoms with Gasteiger partial charge in [0.15, 0.2) is 0 Å². The van der Waals surface area contributed by atoms with E-state index in [2.05, 4.69) is 10.1 Å². The van der Waals surface area contributed by atoms with Crippen molar-refractivity contribution in [1.29, 1.82) is 0 Å². The van der Waals surface area contributed by atoms with E-state index in [1.165, 1.54) is 6.33 Å². The first-order valence-corrected chi connectivity index (χ1v) is 8.72. The lowest BCUT2D eigenvalue weighted by Crippen LogP contribution is -2.41. The summed E-state index contributed by atoms with van der Waals surface area (Å²) in [6, 6.07) is 6.53. The molecule has 0 unspecified atom stereocenters. The first-order valence-electron chi connectivity index (χ1n) is 8.72. The van der Waals surface area contributed by atoms with E-state index in [9.17, 15) is 9.59 Å². The number of benzene rings is 1. The zero-order valence-electron chi connectivity index (χ0n) is 14.7. The van der Waals surface area contributed by atoms with E-state index in [-0.39, 0.29) is 18.5 Å². The molecule has 3 rings (SSSR count). The third-order valence-electron chi connectivity index (χ3n) is 4.23. The fourth-order valence-corrected chi connectivity index (χ4v) is 3.02. The maximum Gasteiger partial charge on any atom is 0.328 e. The van der Waals surface area contributed by atoms with Crippen molar-refractivity contribution in [2.24, 2.45) is 0 Å². The zero-order valence-corrected chi connectivity index (χ0v) is 14.7. The Hall–Kier alpha value is -2.90. The number of likely N-dealkylation sites (tertiary alicyclic amines) is 1. The van der Waals surface area contributed by atoms with Crippen LogP contribution in [0, 0.1) is 0 Å². The molecule has 1 aliphatic rings. The Balaban J connectivity index is 1.63. The number of carbonyl (C=O) groups is 2. The van der Waals surface area contributed by atoms with Crippen LogP contribution in [0.3, 0.4) is 0 Å². The van der Waals surface area contributed by atoms with Crippen LogP contribution < -0.4 is 4.74 Å². The number of esters is 1. The number of nitrogens with zero attached hydrogens (tertiary/aromatic N) is 4. The second kappa shape index (κ2) is 8.46. The van der Waals surface area contributed by atoms with Crippen molar-refractivity contribution < 1.29 is 19.1 Å². The number of carbonyl (C=O) groups excluding carboxylic acids is 2. The molecular formula is C18H22N4O4. The molecule has 2 heterocycles. The lowest BCUT2D eigenvalue weighted by atomic mass is 10.1. The lowest BCUT2D eigenvalue weighted by Gasteiger charge is -2.24. The molecule has 0 N–H and O–H groups in total. The minimum Gasteiger partial charge on any atom is -0.493 e. The molecule has 0 bridgehead atoms. The number of para-hydroxylation sites is 1. The first kappa shape index (κ1) is 17.9. The predicted octanol–water partition coefficient (Wildman–Crippen LogP) is 1.52. The molecule has 8 nitrogen and oxygen atoms in total. The van der Waals surface area contributed by atoms with E-state index < -0.39 is 6.04 Å². The van der Waals surface area contributed by atoms with E-state index in [1.54, 1.807) is 34.1 Å². The summed E-state index contributed by atoms with van der Waals surface area (Å²) >= 11 is 0. The van der Waals surface area contributed by atoms with E-state index in [1.807, 2.05) is 13.0 Å². The molecule has 1 aliphatic heterocycles. The van der Waals surface area contributed by atoms with Crippen molar-refractivity contribution in [2.75, 3.05) is 19.8 Å². The van der Waals surface area contributed by atoms with Gasteiger partial charge in [-0.25, -0.2) is 14.5 Å². The van der Waals surface area contributed by atoms with Gasteiger partial charge in [0, 0.05) is 6.54 Å². The molecule has 0 spiro atoms. The Kier molecular flexibility index (Phi) is 5.83. The summed E-state index contributed by atoms with van der Waals surface area (Å²) in [5.74, 6) is -0.0557. The summed E-state index contributed by atoms with van der Waals surface area (Å²) in [4.78, 5) is 30.8. The highest BCUT2D eigenvalue weighted by Crippen LogP contribution is 2.25. The fraction of sp³-hybridized carbons (Fsp3) is 0.444. The van der Waals surface area contributed by atoms with E-state index in [0.29, 0.717) is 37.4 Å². The van der Waals surface area contributed by atoms with Gasteiger partial charge in [-0.05, 0) is 31.9 Å². The van der Waals surface area contributed by atoms with Gasteiger partial charge in [0.05, 0.1) is 18.7 Å². The molecule has 1 aromatic heterocycles. The zero-order chi connectivity index (χ0) is 18.4. The molecule has 26 heavy (non-hydrogen) atoms. The van der Waals surface area contributed by atoms with Gasteiger partial charge in [-0.2, -0.15) is 5.10 Å². The van der Waals surface area contributed by atoms with Gasteiger partial charge in [0.1, 0.15) is 31.1 Å². The predicted molar refractivity (Wildman–Crippen MR) is 92.7 cm³/mol. The van der Waals surface area contributed by atoms with Crippen molar-refractivity contribution in [3.05, 3.63) is 42.5 Å². The van der Waals surface area contributed by atoms with Gasteiger partial charge in [0.2, 0.25) is 0 Å². The van der Waals surface area contributed by atoms with Crippen LogP contribution in [-0.2, 0) is 16.1 Å². The molecule has 1 saturated heterocycles. The summed E-state index contributed by atoms with van der Waals surface area (Å²) in [5, 5.41) is 3.96. The van der Waals surface area contributed by atoms with Crippen molar-refractivity contribution in [1.82, 2.24) is 19.7 Å². The Labute approximate surface area is 151 Å². The fourth-order valence-electron chi connectivity index (χ4n) is 3.02. The smallest absolute Gasteiger partial charge is 0.328 e. The van der Waals surface area contributed by atoms with Gasteiger partial charge in [-0.15, -0.1) is 0 Å². The number of aromatic nitrogens is 3. The van der Waals surface area contributed by atoms with Crippen LogP contribution in [0.1, 0.15) is 30.1 Å². The average Bonchev–Trinajstić information content (AvgIpc) is 3.33. The van der Waals surface area contributed by atoms with E-state index >= 15 is 0 Å². The largest absolute Gasteiger partial charge is 0.493 e. The highest BCUT2D eigenvalue weighted by molar-refractivity contribution is 5.99. The molecule has 1 amide bonds. The summed E-state index contributed by atoms with van der Waals surface area (Å²) in [5.41, 5.74) is 0.469. The highest BCUT2D eigenvalue weighted by atomic mass is 16.5. The molecule has 8 heteroatoms. The second-order valence-corrected chi connectivity index (χ2v) is 5.91. The number of hydrogen-bond donors (Lipinski definition) is 0. The van der Waals surface area contributed by atoms with E-state index in [4.69, 9.17) is 9.47 Å². The summed E-state index contributed by atoms with van der Waals surface area (Å²) in [6.45, 7) is 3.49. The molecule has 0 radical (unpaired) electrons. The third kappa shape index (κ3) is 4.01. The van der Waals surface area contributed by atoms with Crippen LogP contribution in [-0.4, -0.2) is 57.3 Å². The molecular weight excluding hydrogens is 336 g/mol. The van der Waals surface area contributed by atoms with E-state index in [0.717, 1.165) is 6.42 Å². The lowest BCUT2D eigenvalue weighted by molar-refractivity contribution is -0.148. The van der Waals surface area contributed by atoms with Crippen molar-refractivity contribution >= 4 is 11.9 Å². The highest BCUT2D eigenvalue weighted by Gasteiger charge is 2.36. The SMILES string of the molecule is CCOc1ccccc1C(=O)N1CCC[C@H]1C(=O)OCCn1cncn1. The maximum absolute atomic E-state index is 12.9. The molecule has 138 valence electrons. The third-order valence-corrected chi connectivity index (χ3v) is 4.23. The maximum atomic E-state index is 12.9. The van der Waals surface area contributed by atoms with Crippen LogP contribution >= 0.6 is 0 Å². The number of amides is 1. The average molecular weight is 358 g/mol. The monoisotopic (exact) mass is 358 g/mol. The van der Waals surface area contributed by atoms with Crippen LogP contribution in [0.4, 0.5) is 0 Å². The Morgan fingerprint density at radius 3 is 2.92 bits per heavy atom. The summed E-state index contributed by atoms with van der Waals surface area (Å²) < 4.78 is 12.5. The molecule has 0 saturated carbocycles. The minimum absolute atomic E-state index is 0.191. The van der Waals surface area contributed by atoms with Gasteiger partial charge < -0.3 is 14.4 Å². The standard InChI is InChI=1S/C18H22N4O4/c1-2-25-16-8-4-3-6-14(16)17(23)22-9-5-7-15(22)18(24)26-11-10-21-13-19-12-20-21/h3-4,6,8,12-13,15H,2,5,7,9-11H2,1H3/t15-/m0/s1. The van der Waals surface area contributed by atoms with Gasteiger partial charge in [0.25, 0.3) is 5.91 Å². The number of ether oxygens (including phenoxy) is 2. The quantitative estimate of drug-likeness (QED) is 0.698. The Morgan fingerprint density at radius 2 is 2.15 bits per heavy atom. The minimum atomic E-state index is -0.562. The Morgan fingerprint density at radius 1 is 1.31 bits per heavy atom. The van der Waals surface area contributed by atoms with Crippen LogP contribution in [0.2, 0.25) is 0 Å². The Bertz CT molecular complexity index is 747. The number of rotatable bonds is 7. The molecule has 2 aromatic rings. The topological polar surface area (TPSA) is 86.5 Å².